The van der Waals surface area contributed by atoms with Gasteiger partial charge in [-0.2, -0.15) is 0 Å². The van der Waals surface area contributed by atoms with E-state index in [1.54, 1.807) is 19.1 Å². The van der Waals surface area contributed by atoms with Crippen molar-refractivity contribution in [1.82, 2.24) is 0 Å². The molecule has 1 atom stereocenters. The molecule has 1 unspecified atom stereocenters. The first kappa shape index (κ1) is 17.6. The highest BCUT2D eigenvalue weighted by Crippen LogP contribution is 2.26. The fourth-order valence-electron chi connectivity index (χ4n) is 1.66. The van der Waals surface area contributed by atoms with Gasteiger partial charge < -0.3 is 4.74 Å². The van der Waals surface area contributed by atoms with Crippen LogP contribution in [0, 0.1) is 5.82 Å². The second-order valence-electron chi connectivity index (χ2n) is 5.68. The predicted molar refractivity (Wildman–Crippen MR) is 76.9 cm³/mol. The van der Waals surface area contributed by atoms with E-state index in [0.717, 1.165) is 0 Å². The van der Waals surface area contributed by atoms with Crippen LogP contribution in [0.1, 0.15) is 52.2 Å². The maximum atomic E-state index is 13.3. The molecule has 5 heteroatoms. The molecule has 0 bridgehead atoms. The summed E-state index contributed by atoms with van der Waals surface area (Å²) in [5, 5.41) is 0. The molecule has 0 amide bonds. The standard InChI is InChI=1S/C16H23FO4/c1-5-19-15(18)10-9-14(20-21-16(2,3)4)12-7-6-8-13(17)11-12/h6-8,11,14H,5,9-10H2,1-4H3. The summed E-state index contributed by atoms with van der Waals surface area (Å²) in [6.07, 6.45) is 0.0188. The number of carbonyl (C=O) groups excluding carboxylic acids is 1. The summed E-state index contributed by atoms with van der Waals surface area (Å²) in [5.41, 5.74) is 0.138. The summed E-state index contributed by atoms with van der Waals surface area (Å²) in [6.45, 7) is 7.63. The average Bonchev–Trinajstić information content (AvgIpc) is 2.37. The van der Waals surface area contributed by atoms with E-state index in [2.05, 4.69) is 0 Å². The van der Waals surface area contributed by atoms with Gasteiger partial charge in [0, 0.05) is 6.42 Å². The van der Waals surface area contributed by atoms with Crippen LogP contribution in [-0.4, -0.2) is 18.2 Å². The molecular formula is C16H23FO4. The molecule has 1 aromatic rings. The predicted octanol–water partition coefficient (Wildman–Crippen LogP) is 3.96. The van der Waals surface area contributed by atoms with Crippen molar-refractivity contribution in [2.24, 2.45) is 0 Å². The molecule has 1 aromatic carbocycles. The Hall–Kier alpha value is -1.46. The number of ether oxygens (including phenoxy) is 1. The SMILES string of the molecule is CCOC(=O)CCC(OOC(C)(C)C)c1cccc(F)c1. The first-order valence-corrected chi connectivity index (χ1v) is 7.07. The van der Waals surface area contributed by atoms with Crippen LogP contribution in [0.3, 0.4) is 0 Å². The van der Waals surface area contributed by atoms with E-state index in [9.17, 15) is 9.18 Å². The van der Waals surface area contributed by atoms with Crippen molar-refractivity contribution >= 4 is 5.97 Å². The van der Waals surface area contributed by atoms with Crippen LogP contribution in [0.5, 0.6) is 0 Å². The van der Waals surface area contributed by atoms with Gasteiger partial charge in [-0.05, 0) is 51.8 Å². The van der Waals surface area contributed by atoms with Crippen molar-refractivity contribution < 1.29 is 23.7 Å². The highest BCUT2D eigenvalue weighted by atomic mass is 19.1. The van der Waals surface area contributed by atoms with E-state index in [1.807, 2.05) is 20.8 Å². The van der Waals surface area contributed by atoms with Crippen molar-refractivity contribution in [3.05, 3.63) is 35.6 Å². The van der Waals surface area contributed by atoms with Crippen molar-refractivity contribution in [2.75, 3.05) is 6.61 Å². The molecule has 1 rings (SSSR count). The molecule has 0 saturated carbocycles. The lowest BCUT2D eigenvalue weighted by atomic mass is 10.0. The van der Waals surface area contributed by atoms with Gasteiger partial charge in [0.05, 0.1) is 12.2 Å². The minimum absolute atomic E-state index is 0.183. The molecule has 0 heterocycles. The number of halogens is 1. The number of carbonyl (C=O) groups is 1. The number of hydrogen-bond acceptors (Lipinski definition) is 4. The van der Waals surface area contributed by atoms with Crippen LogP contribution in [-0.2, 0) is 19.3 Å². The molecule has 0 aliphatic carbocycles. The third kappa shape index (κ3) is 7.20. The summed E-state index contributed by atoms with van der Waals surface area (Å²) in [7, 11) is 0. The van der Waals surface area contributed by atoms with Gasteiger partial charge in [0.25, 0.3) is 0 Å². The highest BCUT2D eigenvalue weighted by molar-refractivity contribution is 5.69. The Morgan fingerprint density at radius 1 is 1.33 bits per heavy atom. The van der Waals surface area contributed by atoms with Crippen LogP contribution in [0.15, 0.2) is 24.3 Å². The molecule has 0 aliphatic heterocycles. The van der Waals surface area contributed by atoms with Gasteiger partial charge in [-0.15, -0.1) is 0 Å². The van der Waals surface area contributed by atoms with Crippen molar-refractivity contribution in [1.29, 1.82) is 0 Å². The molecule has 4 nitrogen and oxygen atoms in total. The van der Waals surface area contributed by atoms with Gasteiger partial charge in [-0.3, -0.25) is 4.79 Å². The van der Waals surface area contributed by atoms with Gasteiger partial charge in [0.15, 0.2) is 0 Å². The smallest absolute Gasteiger partial charge is 0.305 e. The molecular weight excluding hydrogens is 275 g/mol. The second kappa shape index (κ2) is 8.10. The summed E-state index contributed by atoms with van der Waals surface area (Å²) < 4.78 is 18.2. The van der Waals surface area contributed by atoms with Gasteiger partial charge in [0.2, 0.25) is 0 Å². The molecule has 0 radical (unpaired) electrons. The van der Waals surface area contributed by atoms with E-state index in [0.29, 0.717) is 18.6 Å². The van der Waals surface area contributed by atoms with Crippen LogP contribution in [0.25, 0.3) is 0 Å². The zero-order valence-corrected chi connectivity index (χ0v) is 13.0. The quantitative estimate of drug-likeness (QED) is 0.434. The Morgan fingerprint density at radius 3 is 2.62 bits per heavy atom. The summed E-state index contributed by atoms with van der Waals surface area (Å²) in [5.74, 6) is -0.661. The topological polar surface area (TPSA) is 44.8 Å². The Morgan fingerprint density at radius 2 is 2.05 bits per heavy atom. The third-order valence-electron chi connectivity index (χ3n) is 2.55. The molecule has 0 N–H and O–H groups in total. The second-order valence-corrected chi connectivity index (χ2v) is 5.68. The average molecular weight is 298 g/mol. The van der Waals surface area contributed by atoms with Crippen LogP contribution >= 0.6 is 0 Å². The normalized spacial score (nSPS) is 13.0. The van der Waals surface area contributed by atoms with Crippen LogP contribution in [0.4, 0.5) is 4.39 Å². The van der Waals surface area contributed by atoms with E-state index in [4.69, 9.17) is 14.5 Å². The minimum Gasteiger partial charge on any atom is -0.466 e. The largest absolute Gasteiger partial charge is 0.466 e. The lowest BCUT2D eigenvalue weighted by Crippen LogP contribution is -2.21. The molecule has 0 aromatic heterocycles. The van der Waals surface area contributed by atoms with Crippen LogP contribution < -0.4 is 0 Å². The number of esters is 1. The zero-order chi connectivity index (χ0) is 15.9. The Bertz CT molecular complexity index is 454. The van der Waals surface area contributed by atoms with E-state index < -0.39 is 11.7 Å². The maximum absolute atomic E-state index is 13.3. The molecule has 118 valence electrons. The summed E-state index contributed by atoms with van der Waals surface area (Å²) in [6, 6.07) is 6.08. The fourth-order valence-corrected chi connectivity index (χ4v) is 1.66. The van der Waals surface area contributed by atoms with Gasteiger partial charge in [-0.1, -0.05) is 12.1 Å². The van der Waals surface area contributed by atoms with Crippen molar-refractivity contribution in [3.8, 4) is 0 Å². The summed E-state index contributed by atoms with van der Waals surface area (Å²) in [4.78, 5) is 22.2. The number of rotatable bonds is 7. The molecule has 0 fully saturated rings. The fraction of sp³-hybridized carbons (Fsp3) is 0.562. The lowest BCUT2D eigenvalue weighted by molar-refractivity contribution is -0.376. The first-order valence-electron chi connectivity index (χ1n) is 7.07. The number of hydrogen-bond donors (Lipinski definition) is 0. The molecule has 21 heavy (non-hydrogen) atoms. The van der Waals surface area contributed by atoms with Crippen LogP contribution in [0.2, 0.25) is 0 Å². The van der Waals surface area contributed by atoms with Gasteiger partial charge in [-0.25, -0.2) is 14.2 Å². The number of benzene rings is 1. The maximum Gasteiger partial charge on any atom is 0.305 e. The Kier molecular flexibility index (Phi) is 6.78. The van der Waals surface area contributed by atoms with Gasteiger partial charge in [0.1, 0.15) is 11.9 Å². The van der Waals surface area contributed by atoms with E-state index in [-0.39, 0.29) is 18.2 Å². The van der Waals surface area contributed by atoms with Crippen molar-refractivity contribution in [3.63, 3.8) is 0 Å². The molecule has 0 spiro atoms. The molecule has 0 saturated heterocycles. The minimum atomic E-state index is -0.524. The van der Waals surface area contributed by atoms with E-state index >= 15 is 0 Å². The Labute approximate surface area is 125 Å². The third-order valence-corrected chi connectivity index (χ3v) is 2.55. The van der Waals surface area contributed by atoms with Crippen molar-refractivity contribution in [2.45, 2.75) is 52.2 Å². The van der Waals surface area contributed by atoms with Gasteiger partial charge >= 0.3 is 5.97 Å². The summed E-state index contributed by atoms with van der Waals surface area (Å²) >= 11 is 0. The molecule has 0 aliphatic rings. The van der Waals surface area contributed by atoms with E-state index in [1.165, 1.54) is 12.1 Å². The highest BCUT2D eigenvalue weighted by Gasteiger charge is 2.20. The monoisotopic (exact) mass is 298 g/mol. The first-order chi connectivity index (χ1) is 9.81. The Balaban J connectivity index is 2.72. The lowest BCUT2D eigenvalue weighted by Gasteiger charge is -2.23. The zero-order valence-electron chi connectivity index (χ0n) is 13.0.